The van der Waals surface area contributed by atoms with Crippen molar-refractivity contribution in [2.75, 3.05) is 0 Å². The first-order chi connectivity index (χ1) is 20.3. The molecule has 4 nitrogen and oxygen atoms in total. The van der Waals surface area contributed by atoms with Crippen LogP contribution >= 0.6 is 0 Å². The lowest BCUT2D eigenvalue weighted by Gasteiger charge is -2.22. The van der Waals surface area contributed by atoms with Gasteiger partial charge in [-0.1, -0.05) is 93.3 Å². The lowest BCUT2D eigenvalue weighted by atomic mass is 9.81. The van der Waals surface area contributed by atoms with Crippen molar-refractivity contribution in [1.82, 2.24) is 4.57 Å². The summed E-state index contributed by atoms with van der Waals surface area (Å²) in [5.74, 6) is 0. The van der Waals surface area contributed by atoms with Crippen molar-refractivity contribution >= 4 is 34.6 Å². The molecule has 1 aliphatic rings. The number of nitrogens with zero attached hydrogens (tertiary/aromatic N) is 2. The van der Waals surface area contributed by atoms with Crippen LogP contribution in [-0.4, -0.2) is 16.5 Å². The van der Waals surface area contributed by atoms with Crippen molar-refractivity contribution in [3.63, 3.8) is 0 Å². The Morgan fingerprint density at radius 3 is 2.40 bits per heavy atom. The average molecular weight is 547 g/mol. The number of aromatic nitrogens is 1. The van der Waals surface area contributed by atoms with E-state index in [2.05, 4.69) is 121 Å². The molecule has 0 spiro atoms. The maximum Gasteiger partial charge on any atom is 0.0573 e. The van der Waals surface area contributed by atoms with Gasteiger partial charge < -0.3 is 15.7 Å². The standard InChI is InChI=1S/C38H34N4/c1-5-6-9-29-24-42(37-19-15-28(20-33(29)37)36(40)23-41-25(2)22-39)30-16-12-26(13-17-30)27-14-18-32-31-10-7-8-11-34(31)38(3,4)35(32)21-27/h5-24,39H,1,40H2,2-4H3/b9-6-,36-23-,39-22?,41-25+. The highest BCUT2D eigenvalue weighted by molar-refractivity contribution is 6.28. The number of hydrogen-bond donors (Lipinski definition) is 2. The summed E-state index contributed by atoms with van der Waals surface area (Å²) in [7, 11) is 0. The zero-order valence-electron chi connectivity index (χ0n) is 24.2. The minimum Gasteiger partial charge on any atom is -0.397 e. The summed E-state index contributed by atoms with van der Waals surface area (Å²) in [6, 6.07) is 30.6. The molecule has 0 unspecified atom stereocenters. The van der Waals surface area contributed by atoms with E-state index in [-0.39, 0.29) is 5.41 Å². The van der Waals surface area contributed by atoms with Gasteiger partial charge in [-0.2, -0.15) is 0 Å². The van der Waals surface area contributed by atoms with Gasteiger partial charge in [0.25, 0.3) is 0 Å². The van der Waals surface area contributed by atoms with Crippen LogP contribution in [0.15, 0.2) is 121 Å². The van der Waals surface area contributed by atoms with Gasteiger partial charge in [0, 0.05) is 34.5 Å². The van der Waals surface area contributed by atoms with Crippen LogP contribution in [0.5, 0.6) is 0 Å². The minimum atomic E-state index is -0.0238. The molecule has 4 heteroatoms. The van der Waals surface area contributed by atoms with Crippen LogP contribution in [0.3, 0.4) is 0 Å². The van der Waals surface area contributed by atoms with Gasteiger partial charge in [-0.15, -0.1) is 0 Å². The number of benzene rings is 4. The van der Waals surface area contributed by atoms with Crippen molar-refractivity contribution in [3.8, 4) is 27.9 Å². The summed E-state index contributed by atoms with van der Waals surface area (Å²) in [5, 5.41) is 8.41. The molecule has 0 amide bonds. The van der Waals surface area contributed by atoms with Gasteiger partial charge in [-0.25, -0.2) is 0 Å². The SMILES string of the molecule is C=C/C=C\c1cn(-c2ccc(-c3ccc4c(c3)C(C)(C)c3ccccc3-4)cc2)c2ccc(/C(N)=C/N=C(\C)C=N)cc12. The highest BCUT2D eigenvalue weighted by Gasteiger charge is 2.35. The summed E-state index contributed by atoms with van der Waals surface area (Å²) in [4.78, 5) is 4.25. The molecular formula is C38H34N4. The number of aliphatic imine (C=N–C) groups is 1. The van der Waals surface area contributed by atoms with E-state index >= 15 is 0 Å². The van der Waals surface area contributed by atoms with Gasteiger partial charge >= 0.3 is 0 Å². The van der Waals surface area contributed by atoms with Gasteiger partial charge in [0.15, 0.2) is 0 Å². The topological polar surface area (TPSA) is 67.2 Å². The molecule has 0 saturated carbocycles. The normalized spacial score (nSPS) is 14.3. The van der Waals surface area contributed by atoms with Gasteiger partial charge in [0.2, 0.25) is 0 Å². The van der Waals surface area contributed by atoms with E-state index in [1.165, 1.54) is 39.6 Å². The molecule has 206 valence electrons. The predicted octanol–water partition coefficient (Wildman–Crippen LogP) is 9.17. The number of hydrogen-bond acceptors (Lipinski definition) is 3. The van der Waals surface area contributed by atoms with Crippen LogP contribution in [0.1, 0.15) is 43.0 Å². The molecule has 1 aromatic heterocycles. The molecule has 1 heterocycles. The Morgan fingerprint density at radius 1 is 0.905 bits per heavy atom. The van der Waals surface area contributed by atoms with E-state index in [4.69, 9.17) is 11.1 Å². The second kappa shape index (κ2) is 10.6. The lowest BCUT2D eigenvalue weighted by molar-refractivity contribution is 0.660. The van der Waals surface area contributed by atoms with E-state index in [0.29, 0.717) is 11.4 Å². The highest BCUT2D eigenvalue weighted by Crippen LogP contribution is 2.49. The molecule has 0 atom stereocenters. The zero-order chi connectivity index (χ0) is 29.4. The molecule has 1 aliphatic carbocycles. The number of allylic oxidation sites excluding steroid dienone is 2. The zero-order valence-corrected chi connectivity index (χ0v) is 24.2. The first kappa shape index (κ1) is 27.0. The third kappa shape index (κ3) is 4.61. The highest BCUT2D eigenvalue weighted by atomic mass is 15.0. The van der Waals surface area contributed by atoms with E-state index in [9.17, 15) is 0 Å². The van der Waals surface area contributed by atoms with Gasteiger partial charge in [0.05, 0.1) is 23.1 Å². The Labute approximate surface area is 247 Å². The average Bonchev–Trinajstić information content (AvgIpc) is 3.50. The third-order valence-electron chi connectivity index (χ3n) is 8.26. The quantitative estimate of drug-likeness (QED) is 0.155. The molecule has 4 aromatic carbocycles. The molecule has 42 heavy (non-hydrogen) atoms. The van der Waals surface area contributed by atoms with Crippen LogP contribution in [0.2, 0.25) is 0 Å². The van der Waals surface area contributed by atoms with Crippen molar-refractivity contribution < 1.29 is 0 Å². The van der Waals surface area contributed by atoms with Crippen molar-refractivity contribution in [1.29, 1.82) is 5.41 Å². The van der Waals surface area contributed by atoms with Gasteiger partial charge in [-0.05, 0) is 76.2 Å². The molecule has 0 bridgehead atoms. The predicted molar refractivity (Wildman–Crippen MR) is 180 cm³/mol. The molecule has 6 rings (SSSR count). The lowest BCUT2D eigenvalue weighted by Crippen LogP contribution is -2.14. The number of fused-ring (bicyclic) bond motifs is 4. The van der Waals surface area contributed by atoms with Crippen LogP contribution in [0, 0.1) is 5.41 Å². The summed E-state index contributed by atoms with van der Waals surface area (Å²) >= 11 is 0. The van der Waals surface area contributed by atoms with Crippen molar-refractivity contribution in [3.05, 3.63) is 138 Å². The largest absolute Gasteiger partial charge is 0.397 e. The van der Waals surface area contributed by atoms with Crippen molar-refractivity contribution in [2.24, 2.45) is 10.7 Å². The monoisotopic (exact) mass is 546 g/mol. The van der Waals surface area contributed by atoms with Crippen LogP contribution < -0.4 is 5.73 Å². The van der Waals surface area contributed by atoms with Crippen LogP contribution in [-0.2, 0) is 5.41 Å². The second-order valence-electron chi connectivity index (χ2n) is 11.3. The number of nitrogens with two attached hydrogens (primary N) is 1. The second-order valence-corrected chi connectivity index (χ2v) is 11.3. The molecular weight excluding hydrogens is 512 g/mol. The molecule has 0 aliphatic heterocycles. The Morgan fingerprint density at radius 2 is 1.64 bits per heavy atom. The third-order valence-corrected chi connectivity index (χ3v) is 8.26. The van der Waals surface area contributed by atoms with E-state index < -0.39 is 0 Å². The molecule has 5 aromatic rings. The van der Waals surface area contributed by atoms with E-state index in [1.807, 2.05) is 12.1 Å². The maximum atomic E-state index is 7.33. The Kier molecular flexibility index (Phi) is 6.83. The van der Waals surface area contributed by atoms with E-state index in [0.717, 1.165) is 27.7 Å². The summed E-state index contributed by atoms with van der Waals surface area (Å²) in [5.41, 5.74) is 19.4. The van der Waals surface area contributed by atoms with Crippen molar-refractivity contribution in [2.45, 2.75) is 26.2 Å². The fourth-order valence-corrected chi connectivity index (χ4v) is 5.93. The Balaban J connectivity index is 1.37. The molecule has 0 fully saturated rings. The number of rotatable bonds is 7. The molecule has 3 N–H and O–H groups in total. The molecule has 0 radical (unpaired) electrons. The maximum absolute atomic E-state index is 7.33. The van der Waals surface area contributed by atoms with Crippen LogP contribution in [0.4, 0.5) is 0 Å². The van der Waals surface area contributed by atoms with Gasteiger partial charge in [0.1, 0.15) is 0 Å². The van der Waals surface area contributed by atoms with E-state index in [1.54, 1.807) is 19.2 Å². The number of nitrogens with one attached hydrogen (secondary N) is 1. The summed E-state index contributed by atoms with van der Waals surface area (Å²) < 4.78 is 2.21. The fraction of sp³-hybridized carbons (Fsp3) is 0.105. The molecule has 0 saturated heterocycles. The van der Waals surface area contributed by atoms with Gasteiger partial charge in [-0.3, -0.25) is 4.99 Å². The fourth-order valence-electron chi connectivity index (χ4n) is 5.93. The first-order valence-corrected chi connectivity index (χ1v) is 14.1. The Hall–Kier alpha value is -5.22. The Bertz CT molecular complexity index is 1950. The minimum absolute atomic E-state index is 0.0238. The van der Waals surface area contributed by atoms with Crippen LogP contribution in [0.25, 0.3) is 50.6 Å². The smallest absolute Gasteiger partial charge is 0.0573 e. The summed E-state index contributed by atoms with van der Waals surface area (Å²) in [6.45, 7) is 10.2. The first-order valence-electron chi connectivity index (χ1n) is 14.1. The summed E-state index contributed by atoms with van der Waals surface area (Å²) in [6.07, 6.45) is 10.7.